The molecule has 1 N–H and O–H groups in total. The molecule has 34 heavy (non-hydrogen) atoms. The van der Waals surface area contributed by atoms with E-state index in [1.165, 1.54) is 4.90 Å². The quantitative estimate of drug-likeness (QED) is 0.550. The predicted molar refractivity (Wildman–Crippen MR) is 129 cm³/mol. The van der Waals surface area contributed by atoms with Crippen molar-refractivity contribution >= 4 is 17.7 Å². The van der Waals surface area contributed by atoms with Crippen molar-refractivity contribution in [1.82, 2.24) is 20.2 Å². The molecule has 1 heterocycles. The fraction of sp³-hybridized carbons (Fsp3) is 0.400. The molecule has 9 heteroatoms. The van der Waals surface area contributed by atoms with Crippen molar-refractivity contribution in [2.45, 2.75) is 53.2 Å². The second-order valence-electron chi connectivity index (χ2n) is 9.93. The standard InChI is InChI=1S/C25H31N5O4/c1-24(2,3)34-23(33)29(6)20-13-9-18(10-14-20)16-30-21(26-27-28-30)19-11-7-17(8-12-19)15-25(4,5)22(31)32/h7-14H,15-16H2,1-6H3,(H,31,32). The molecule has 0 aliphatic heterocycles. The summed E-state index contributed by atoms with van der Waals surface area (Å²) in [7, 11) is 1.67. The van der Waals surface area contributed by atoms with Crippen LogP contribution in [0.25, 0.3) is 11.4 Å². The first-order valence-corrected chi connectivity index (χ1v) is 11.0. The van der Waals surface area contributed by atoms with Crippen LogP contribution in [-0.4, -0.2) is 50.0 Å². The number of tetrazole rings is 1. The lowest BCUT2D eigenvalue weighted by atomic mass is 9.86. The Morgan fingerprint density at radius 3 is 2.12 bits per heavy atom. The number of carbonyl (C=O) groups is 2. The van der Waals surface area contributed by atoms with Crippen LogP contribution in [0.1, 0.15) is 45.7 Å². The second-order valence-corrected chi connectivity index (χ2v) is 9.93. The summed E-state index contributed by atoms with van der Waals surface area (Å²) < 4.78 is 7.11. The van der Waals surface area contributed by atoms with Crippen LogP contribution in [0, 0.1) is 5.41 Å². The van der Waals surface area contributed by atoms with Gasteiger partial charge >= 0.3 is 12.1 Å². The maximum absolute atomic E-state index is 12.3. The lowest BCUT2D eigenvalue weighted by molar-refractivity contribution is -0.146. The van der Waals surface area contributed by atoms with Gasteiger partial charge in [0.15, 0.2) is 5.82 Å². The average molecular weight is 466 g/mol. The zero-order valence-corrected chi connectivity index (χ0v) is 20.4. The molecule has 0 aliphatic carbocycles. The molecule has 3 rings (SSSR count). The van der Waals surface area contributed by atoms with Crippen molar-refractivity contribution in [2.24, 2.45) is 5.41 Å². The van der Waals surface area contributed by atoms with Gasteiger partial charge in [-0.05, 0) is 74.7 Å². The molecule has 0 bridgehead atoms. The molecular weight excluding hydrogens is 434 g/mol. The summed E-state index contributed by atoms with van der Waals surface area (Å²) in [5.74, 6) is -0.220. The van der Waals surface area contributed by atoms with Crippen LogP contribution in [-0.2, 0) is 22.5 Å². The minimum absolute atomic E-state index is 0.418. The number of nitrogens with zero attached hydrogens (tertiary/aromatic N) is 5. The number of hydrogen-bond acceptors (Lipinski definition) is 6. The van der Waals surface area contributed by atoms with Crippen molar-refractivity contribution < 1.29 is 19.4 Å². The van der Waals surface area contributed by atoms with Crippen LogP contribution in [0.5, 0.6) is 0 Å². The van der Waals surface area contributed by atoms with Gasteiger partial charge in [0.05, 0.1) is 12.0 Å². The van der Waals surface area contributed by atoms with Crippen LogP contribution >= 0.6 is 0 Å². The molecule has 2 aromatic carbocycles. The Bertz CT molecular complexity index is 1150. The third-order valence-electron chi connectivity index (χ3n) is 5.29. The number of aliphatic carboxylic acids is 1. The minimum atomic E-state index is -0.840. The Labute approximate surface area is 199 Å². The predicted octanol–water partition coefficient (Wildman–Crippen LogP) is 4.41. The highest BCUT2D eigenvalue weighted by Gasteiger charge is 2.27. The van der Waals surface area contributed by atoms with E-state index in [1.54, 1.807) is 25.6 Å². The third kappa shape index (κ3) is 6.18. The molecule has 1 amide bonds. The number of amides is 1. The van der Waals surface area contributed by atoms with Gasteiger partial charge < -0.3 is 9.84 Å². The second kappa shape index (κ2) is 9.62. The number of anilines is 1. The number of aromatic nitrogens is 4. The fourth-order valence-electron chi connectivity index (χ4n) is 3.31. The van der Waals surface area contributed by atoms with Gasteiger partial charge in [-0.3, -0.25) is 9.69 Å². The number of carboxylic acid groups (broad SMARTS) is 1. The molecule has 1 aromatic heterocycles. The van der Waals surface area contributed by atoms with Crippen LogP contribution < -0.4 is 4.90 Å². The van der Waals surface area contributed by atoms with Crippen LogP contribution in [0.15, 0.2) is 48.5 Å². The fourth-order valence-corrected chi connectivity index (χ4v) is 3.31. The van der Waals surface area contributed by atoms with Crippen LogP contribution in [0.2, 0.25) is 0 Å². The summed E-state index contributed by atoms with van der Waals surface area (Å²) in [6, 6.07) is 15.1. The maximum Gasteiger partial charge on any atom is 0.414 e. The first-order valence-electron chi connectivity index (χ1n) is 11.0. The summed E-state index contributed by atoms with van der Waals surface area (Å²) >= 11 is 0. The average Bonchev–Trinajstić information content (AvgIpc) is 3.21. The molecule has 0 saturated heterocycles. The summed E-state index contributed by atoms with van der Waals surface area (Å²) in [6.07, 6.45) is 0.00989. The molecule has 0 unspecified atom stereocenters. The van der Waals surface area contributed by atoms with E-state index in [1.807, 2.05) is 69.3 Å². The van der Waals surface area contributed by atoms with Gasteiger partial charge in [0, 0.05) is 18.3 Å². The Morgan fingerprint density at radius 1 is 0.971 bits per heavy atom. The normalized spacial score (nSPS) is 11.8. The lowest BCUT2D eigenvalue weighted by Gasteiger charge is -2.24. The SMILES string of the molecule is CN(C(=O)OC(C)(C)C)c1ccc(Cn2nnnc2-c2ccc(CC(C)(C)C(=O)O)cc2)cc1. The van der Waals surface area contributed by atoms with Crippen molar-refractivity contribution in [2.75, 3.05) is 11.9 Å². The number of rotatable bonds is 7. The van der Waals surface area contributed by atoms with E-state index < -0.39 is 23.1 Å². The molecule has 0 aliphatic rings. The molecule has 0 radical (unpaired) electrons. The molecular formula is C25H31N5O4. The van der Waals surface area contributed by atoms with Crippen molar-refractivity contribution in [3.05, 3.63) is 59.7 Å². The highest BCUT2D eigenvalue weighted by molar-refractivity contribution is 5.87. The first kappa shape index (κ1) is 24.9. The smallest absolute Gasteiger partial charge is 0.414 e. The molecule has 180 valence electrons. The van der Waals surface area contributed by atoms with Gasteiger partial charge in [-0.25, -0.2) is 9.48 Å². The van der Waals surface area contributed by atoms with Gasteiger partial charge in [0.2, 0.25) is 0 Å². The Hall–Kier alpha value is -3.75. The van der Waals surface area contributed by atoms with E-state index in [0.717, 1.165) is 22.4 Å². The summed E-state index contributed by atoms with van der Waals surface area (Å²) in [5, 5.41) is 21.4. The van der Waals surface area contributed by atoms with Gasteiger partial charge in [-0.15, -0.1) is 5.10 Å². The molecule has 9 nitrogen and oxygen atoms in total. The highest BCUT2D eigenvalue weighted by atomic mass is 16.6. The highest BCUT2D eigenvalue weighted by Crippen LogP contribution is 2.25. The summed E-state index contributed by atoms with van der Waals surface area (Å²) in [4.78, 5) is 25.1. The van der Waals surface area contributed by atoms with E-state index in [4.69, 9.17) is 4.74 Å². The van der Waals surface area contributed by atoms with E-state index >= 15 is 0 Å². The monoisotopic (exact) mass is 465 g/mol. The van der Waals surface area contributed by atoms with Gasteiger partial charge in [0.25, 0.3) is 0 Å². The number of benzene rings is 2. The van der Waals surface area contributed by atoms with E-state index in [9.17, 15) is 14.7 Å². The van der Waals surface area contributed by atoms with Crippen LogP contribution in [0.4, 0.5) is 10.5 Å². The number of ether oxygens (including phenoxy) is 1. The number of hydrogen-bond donors (Lipinski definition) is 1. The van der Waals surface area contributed by atoms with Crippen molar-refractivity contribution in [3.8, 4) is 11.4 Å². The Kier molecular flexibility index (Phi) is 7.04. The van der Waals surface area contributed by atoms with E-state index in [-0.39, 0.29) is 0 Å². The molecule has 0 spiro atoms. The molecule has 0 fully saturated rings. The van der Waals surface area contributed by atoms with Crippen molar-refractivity contribution in [3.63, 3.8) is 0 Å². The number of carboxylic acids is 1. The molecule has 0 saturated carbocycles. The Morgan fingerprint density at radius 2 is 1.56 bits per heavy atom. The zero-order valence-electron chi connectivity index (χ0n) is 20.4. The number of carbonyl (C=O) groups excluding carboxylic acids is 1. The van der Waals surface area contributed by atoms with E-state index in [0.29, 0.717) is 18.8 Å². The largest absolute Gasteiger partial charge is 0.481 e. The molecule has 3 aromatic rings. The van der Waals surface area contributed by atoms with Crippen LogP contribution in [0.3, 0.4) is 0 Å². The summed E-state index contributed by atoms with van der Waals surface area (Å²) in [6.45, 7) is 9.36. The third-order valence-corrected chi connectivity index (χ3v) is 5.29. The topological polar surface area (TPSA) is 110 Å². The van der Waals surface area contributed by atoms with Gasteiger partial charge in [-0.2, -0.15) is 0 Å². The lowest BCUT2D eigenvalue weighted by Crippen LogP contribution is -2.34. The maximum atomic E-state index is 12.3. The first-order chi connectivity index (χ1) is 15.9. The molecule has 0 atom stereocenters. The minimum Gasteiger partial charge on any atom is -0.481 e. The Balaban J connectivity index is 1.71. The van der Waals surface area contributed by atoms with E-state index in [2.05, 4.69) is 15.5 Å². The van der Waals surface area contributed by atoms with Gasteiger partial charge in [-0.1, -0.05) is 36.4 Å². The van der Waals surface area contributed by atoms with Crippen molar-refractivity contribution in [1.29, 1.82) is 0 Å². The zero-order chi connectivity index (χ0) is 25.1. The van der Waals surface area contributed by atoms with Gasteiger partial charge in [0.1, 0.15) is 5.60 Å². The summed E-state index contributed by atoms with van der Waals surface area (Å²) in [5.41, 5.74) is 2.05.